The van der Waals surface area contributed by atoms with E-state index in [1.807, 2.05) is 6.07 Å². The fourth-order valence-electron chi connectivity index (χ4n) is 2.14. The summed E-state index contributed by atoms with van der Waals surface area (Å²) in [6.07, 6.45) is 1.61. The van der Waals surface area contributed by atoms with Crippen LogP contribution in [-0.2, 0) is 10.0 Å². The number of para-hydroxylation sites is 1. The Morgan fingerprint density at radius 3 is 2.62 bits per heavy atom. The Kier molecular flexibility index (Phi) is 4.18. The van der Waals surface area contributed by atoms with Gasteiger partial charge in [-0.1, -0.05) is 12.1 Å². The molecule has 0 aliphatic heterocycles. The summed E-state index contributed by atoms with van der Waals surface area (Å²) in [5.41, 5.74) is 1.93. The summed E-state index contributed by atoms with van der Waals surface area (Å²) in [6.45, 7) is 3.58. The molecule has 0 saturated heterocycles. The maximum Gasteiger partial charge on any atom is 0.299 e. The molecule has 8 nitrogen and oxygen atoms in total. The number of hydrogen-bond acceptors (Lipinski definition) is 6. The molecule has 0 unspecified atom stereocenters. The SMILES string of the molecule is COc1nc2nc(S(=O)(=O)Nc3c(C)cccc3Br)nn2cc1C. The van der Waals surface area contributed by atoms with Crippen LogP contribution in [0.2, 0.25) is 0 Å². The number of rotatable bonds is 4. The van der Waals surface area contributed by atoms with Crippen molar-refractivity contribution < 1.29 is 13.2 Å². The number of hydrogen-bond donors (Lipinski definition) is 1. The lowest BCUT2D eigenvalue weighted by atomic mass is 10.2. The summed E-state index contributed by atoms with van der Waals surface area (Å²) in [5.74, 6) is 0.509. The Labute approximate surface area is 147 Å². The summed E-state index contributed by atoms with van der Waals surface area (Å²) in [5, 5.41) is 3.63. The Balaban J connectivity index is 2.05. The van der Waals surface area contributed by atoms with E-state index in [0.29, 0.717) is 21.6 Å². The number of anilines is 1. The molecule has 0 spiro atoms. The van der Waals surface area contributed by atoms with E-state index >= 15 is 0 Å². The lowest BCUT2D eigenvalue weighted by molar-refractivity contribution is 0.394. The summed E-state index contributed by atoms with van der Waals surface area (Å²) >= 11 is 3.33. The average molecular weight is 412 g/mol. The maximum atomic E-state index is 12.6. The van der Waals surface area contributed by atoms with Gasteiger partial charge < -0.3 is 4.74 Å². The smallest absolute Gasteiger partial charge is 0.299 e. The number of methoxy groups -OCH3 is 1. The van der Waals surface area contributed by atoms with Crippen molar-refractivity contribution in [1.29, 1.82) is 0 Å². The van der Waals surface area contributed by atoms with Crippen molar-refractivity contribution in [2.24, 2.45) is 0 Å². The van der Waals surface area contributed by atoms with Gasteiger partial charge in [0.1, 0.15) is 0 Å². The minimum absolute atomic E-state index is 0.140. The average Bonchev–Trinajstić information content (AvgIpc) is 2.94. The molecular formula is C14H14BrN5O3S. The number of ether oxygens (including phenoxy) is 1. The van der Waals surface area contributed by atoms with Crippen LogP contribution in [0.5, 0.6) is 5.88 Å². The molecule has 3 aromatic rings. The van der Waals surface area contributed by atoms with E-state index in [4.69, 9.17) is 4.74 Å². The number of nitrogens with zero attached hydrogens (tertiary/aromatic N) is 4. The molecule has 2 aromatic heterocycles. The lowest BCUT2D eigenvalue weighted by Crippen LogP contribution is -2.16. The first-order chi connectivity index (χ1) is 11.3. The largest absolute Gasteiger partial charge is 0.481 e. The molecule has 10 heteroatoms. The highest BCUT2D eigenvalue weighted by Crippen LogP contribution is 2.27. The topological polar surface area (TPSA) is 98.5 Å². The van der Waals surface area contributed by atoms with Gasteiger partial charge in [0.25, 0.3) is 21.0 Å². The second-order valence-corrected chi connectivity index (χ2v) is 7.54. The zero-order chi connectivity index (χ0) is 17.5. The molecule has 0 aliphatic carbocycles. The van der Waals surface area contributed by atoms with E-state index in [-0.39, 0.29) is 10.9 Å². The molecule has 0 bridgehead atoms. The van der Waals surface area contributed by atoms with E-state index < -0.39 is 10.0 Å². The van der Waals surface area contributed by atoms with Gasteiger partial charge in [0, 0.05) is 16.2 Å². The van der Waals surface area contributed by atoms with Gasteiger partial charge in [-0.3, -0.25) is 4.72 Å². The Morgan fingerprint density at radius 1 is 1.21 bits per heavy atom. The molecule has 3 rings (SSSR count). The number of sulfonamides is 1. The van der Waals surface area contributed by atoms with Crippen LogP contribution in [0.4, 0.5) is 5.69 Å². The van der Waals surface area contributed by atoms with E-state index in [0.717, 1.165) is 5.56 Å². The van der Waals surface area contributed by atoms with Gasteiger partial charge in [0.2, 0.25) is 5.88 Å². The van der Waals surface area contributed by atoms with Gasteiger partial charge in [-0.05, 0) is 41.4 Å². The highest BCUT2D eigenvalue weighted by atomic mass is 79.9. The number of aromatic nitrogens is 4. The van der Waals surface area contributed by atoms with Gasteiger partial charge in [-0.25, -0.2) is 4.52 Å². The van der Waals surface area contributed by atoms with Crippen LogP contribution in [0.1, 0.15) is 11.1 Å². The first-order valence-electron chi connectivity index (χ1n) is 6.88. The molecule has 2 heterocycles. The molecule has 126 valence electrons. The van der Waals surface area contributed by atoms with Gasteiger partial charge in [0.15, 0.2) is 0 Å². The molecule has 0 radical (unpaired) electrons. The molecule has 24 heavy (non-hydrogen) atoms. The van der Waals surface area contributed by atoms with E-state index in [1.54, 1.807) is 32.2 Å². The summed E-state index contributed by atoms with van der Waals surface area (Å²) in [6, 6.07) is 5.37. The van der Waals surface area contributed by atoms with E-state index in [1.165, 1.54) is 11.6 Å². The molecule has 0 aliphatic rings. The zero-order valence-corrected chi connectivity index (χ0v) is 15.5. The second kappa shape index (κ2) is 6.02. The summed E-state index contributed by atoms with van der Waals surface area (Å²) < 4.78 is 34.7. The minimum Gasteiger partial charge on any atom is -0.481 e. The molecule has 0 amide bonds. The van der Waals surface area contributed by atoms with Crippen LogP contribution in [0.15, 0.2) is 34.0 Å². The highest BCUT2D eigenvalue weighted by Gasteiger charge is 2.23. The van der Waals surface area contributed by atoms with Crippen LogP contribution in [-0.4, -0.2) is 35.1 Å². The second-order valence-electron chi connectivity index (χ2n) is 5.11. The fourth-order valence-corrected chi connectivity index (χ4v) is 3.86. The van der Waals surface area contributed by atoms with Crippen molar-refractivity contribution in [2.45, 2.75) is 19.0 Å². The van der Waals surface area contributed by atoms with E-state index in [9.17, 15) is 8.42 Å². The molecule has 1 aromatic carbocycles. The van der Waals surface area contributed by atoms with Crippen molar-refractivity contribution in [3.63, 3.8) is 0 Å². The Bertz CT molecular complexity index is 1010. The standard InChI is InChI=1S/C14H14BrN5O3S/c1-8-5-4-6-10(15)11(8)19-24(21,22)14-17-13-16-12(23-3)9(2)7-20(13)18-14/h4-7,19H,1-3H3. The van der Waals surface area contributed by atoms with Crippen LogP contribution < -0.4 is 9.46 Å². The third-order valence-corrected chi connectivity index (χ3v) is 5.13. The van der Waals surface area contributed by atoms with Crippen LogP contribution >= 0.6 is 15.9 Å². The van der Waals surface area contributed by atoms with Gasteiger partial charge in [-0.15, -0.1) is 5.10 Å². The monoisotopic (exact) mass is 411 g/mol. The maximum absolute atomic E-state index is 12.6. The number of benzene rings is 1. The fraction of sp³-hybridized carbons (Fsp3) is 0.214. The zero-order valence-electron chi connectivity index (χ0n) is 13.1. The van der Waals surface area contributed by atoms with Crippen molar-refractivity contribution in [3.05, 3.63) is 40.0 Å². The van der Waals surface area contributed by atoms with Crippen molar-refractivity contribution in [1.82, 2.24) is 19.6 Å². The van der Waals surface area contributed by atoms with Gasteiger partial charge in [-0.2, -0.15) is 18.4 Å². The van der Waals surface area contributed by atoms with Crippen molar-refractivity contribution in [2.75, 3.05) is 11.8 Å². The van der Waals surface area contributed by atoms with Crippen LogP contribution in [0.3, 0.4) is 0 Å². The first kappa shape index (κ1) is 16.7. The predicted molar refractivity (Wildman–Crippen MR) is 91.8 cm³/mol. The highest BCUT2D eigenvalue weighted by molar-refractivity contribution is 9.10. The van der Waals surface area contributed by atoms with Crippen LogP contribution in [0.25, 0.3) is 5.78 Å². The predicted octanol–water partition coefficient (Wildman–Crippen LogP) is 2.31. The number of fused-ring (bicyclic) bond motifs is 1. The van der Waals surface area contributed by atoms with Crippen molar-refractivity contribution in [3.8, 4) is 5.88 Å². The number of nitrogens with one attached hydrogen (secondary N) is 1. The molecule has 1 N–H and O–H groups in total. The molecule has 0 saturated carbocycles. The van der Waals surface area contributed by atoms with Crippen LogP contribution in [0, 0.1) is 13.8 Å². The summed E-state index contributed by atoms with van der Waals surface area (Å²) in [7, 11) is -2.47. The Morgan fingerprint density at radius 2 is 1.96 bits per heavy atom. The van der Waals surface area contributed by atoms with Crippen molar-refractivity contribution >= 4 is 37.4 Å². The molecular weight excluding hydrogens is 398 g/mol. The van der Waals surface area contributed by atoms with Gasteiger partial charge >= 0.3 is 0 Å². The first-order valence-corrected chi connectivity index (χ1v) is 9.15. The van der Waals surface area contributed by atoms with E-state index in [2.05, 4.69) is 35.7 Å². The summed E-state index contributed by atoms with van der Waals surface area (Å²) in [4.78, 5) is 8.12. The number of aryl methyl sites for hydroxylation is 2. The Hall–Kier alpha value is -2.20. The molecule has 0 fully saturated rings. The third-order valence-electron chi connectivity index (χ3n) is 3.34. The minimum atomic E-state index is -3.96. The van der Waals surface area contributed by atoms with Gasteiger partial charge in [0.05, 0.1) is 12.8 Å². The lowest BCUT2D eigenvalue weighted by Gasteiger charge is -2.09. The number of halogens is 1. The molecule has 0 atom stereocenters. The quantitative estimate of drug-likeness (QED) is 0.706. The normalized spacial score (nSPS) is 11.7. The third kappa shape index (κ3) is 2.94.